The van der Waals surface area contributed by atoms with Crippen molar-refractivity contribution in [1.29, 1.82) is 0 Å². The van der Waals surface area contributed by atoms with Crippen LogP contribution >= 0.6 is 0 Å². The Morgan fingerprint density at radius 2 is 0.778 bits per heavy atom. The van der Waals surface area contributed by atoms with Gasteiger partial charge in [-0.3, -0.25) is 0 Å². The Bertz CT molecular complexity index is 1350. The molecule has 0 unspecified atom stereocenters. The van der Waals surface area contributed by atoms with E-state index in [0.717, 1.165) is 22.3 Å². The molecule has 0 saturated carbocycles. The standard InChI is InChI=1S/C40H50O5/c1-9-41-37(42-10-2)33-27-31(39(5,6)29-19-15-13-16-20-29)23-25-35(33)45-36-26-24-32(28-34(36)38(43-11-3)44-12-4)40(7,8)30-21-17-14-18-22-30/h13-28,37-38H,9-12H2,1-8H3. The summed E-state index contributed by atoms with van der Waals surface area (Å²) < 4.78 is 31.4. The van der Waals surface area contributed by atoms with Crippen LogP contribution in [-0.2, 0) is 29.8 Å². The molecule has 240 valence electrons. The highest BCUT2D eigenvalue weighted by atomic mass is 16.7. The fraction of sp³-hybridized carbons (Fsp3) is 0.400. The van der Waals surface area contributed by atoms with E-state index in [0.29, 0.717) is 37.9 Å². The second kappa shape index (κ2) is 15.7. The second-order valence-corrected chi connectivity index (χ2v) is 12.1. The van der Waals surface area contributed by atoms with Crippen molar-refractivity contribution < 1.29 is 23.7 Å². The lowest BCUT2D eigenvalue weighted by atomic mass is 9.77. The summed E-state index contributed by atoms with van der Waals surface area (Å²) in [4.78, 5) is 0. The number of hydrogen-bond donors (Lipinski definition) is 0. The Balaban J connectivity index is 1.85. The zero-order valence-corrected chi connectivity index (χ0v) is 28.3. The Labute approximate surface area is 270 Å². The smallest absolute Gasteiger partial charge is 0.187 e. The fourth-order valence-electron chi connectivity index (χ4n) is 5.65. The second-order valence-electron chi connectivity index (χ2n) is 12.1. The molecule has 5 nitrogen and oxygen atoms in total. The molecule has 0 N–H and O–H groups in total. The van der Waals surface area contributed by atoms with Gasteiger partial charge >= 0.3 is 0 Å². The van der Waals surface area contributed by atoms with Gasteiger partial charge < -0.3 is 23.7 Å². The van der Waals surface area contributed by atoms with E-state index in [1.165, 1.54) is 11.1 Å². The SMILES string of the molecule is CCOC(OCC)c1cc(C(C)(C)c2ccccc2)ccc1Oc1ccc(C(C)(C)c2ccccc2)cc1C(OCC)OCC. The van der Waals surface area contributed by atoms with Crippen LogP contribution in [0.2, 0.25) is 0 Å². The number of benzene rings is 4. The predicted molar refractivity (Wildman–Crippen MR) is 182 cm³/mol. The highest BCUT2D eigenvalue weighted by Crippen LogP contribution is 2.42. The van der Waals surface area contributed by atoms with Crippen LogP contribution in [-0.4, -0.2) is 26.4 Å². The van der Waals surface area contributed by atoms with E-state index in [1.54, 1.807) is 0 Å². The molecule has 0 fully saturated rings. The average Bonchev–Trinajstić information content (AvgIpc) is 3.05. The first-order valence-corrected chi connectivity index (χ1v) is 16.2. The van der Waals surface area contributed by atoms with Crippen molar-refractivity contribution >= 4 is 0 Å². The van der Waals surface area contributed by atoms with Crippen LogP contribution in [0.25, 0.3) is 0 Å². The molecule has 4 aromatic rings. The van der Waals surface area contributed by atoms with Crippen molar-refractivity contribution in [2.45, 2.75) is 78.8 Å². The van der Waals surface area contributed by atoms with Gasteiger partial charge in [0.2, 0.25) is 0 Å². The molecule has 0 heterocycles. The van der Waals surface area contributed by atoms with E-state index < -0.39 is 12.6 Å². The van der Waals surface area contributed by atoms with Crippen molar-refractivity contribution in [2.75, 3.05) is 26.4 Å². The van der Waals surface area contributed by atoms with Crippen molar-refractivity contribution in [1.82, 2.24) is 0 Å². The summed E-state index contributed by atoms with van der Waals surface area (Å²) in [6, 6.07) is 33.7. The van der Waals surface area contributed by atoms with Gasteiger partial charge in [-0.15, -0.1) is 0 Å². The van der Waals surface area contributed by atoms with Crippen LogP contribution < -0.4 is 4.74 Å². The number of rotatable bonds is 16. The van der Waals surface area contributed by atoms with Crippen molar-refractivity contribution in [3.05, 3.63) is 130 Å². The maximum atomic E-state index is 6.81. The van der Waals surface area contributed by atoms with E-state index in [9.17, 15) is 0 Å². The van der Waals surface area contributed by atoms with Crippen molar-refractivity contribution in [2.24, 2.45) is 0 Å². The first-order valence-electron chi connectivity index (χ1n) is 16.2. The minimum Gasteiger partial charge on any atom is -0.456 e. The number of hydrogen-bond acceptors (Lipinski definition) is 5. The highest BCUT2D eigenvalue weighted by Gasteiger charge is 2.29. The summed E-state index contributed by atoms with van der Waals surface area (Å²) in [7, 11) is 0. The van der Waals surface area contributed by atoms with Crippen molar-refractivity contribution in [3.63, 3.8) is 0 Å². The van der Waals surface area contributed by atoms with Crippen LogP contribution in [0.3, 0.4) is 0 Å². The predicted octanol–water partition coefficient (Wildman–Crippen LogP) is 10.3. The Morgan fingerprint density at radius 3 is 1.09 bits per heavy atom. The van der Waals surface area contributed by atoms with E-state index in [1.807, 2.05) is 52.0 Å². The van der Waals surface area contributed by atoms with Gasteiger partial charge in [0.1, 0.15) is 11.5 Å². The molecule has 0 aliphatic rings. The van der Waals surface area contributed by atoms with Gasteiger partial charge in [-0.1, -0.05) is 100 Å². The Morgan fingerprint density at radius 1 is 0.444 bits per heavy atom. The molecule has 4 aromatic carbocycles. The lowest BCUT2D eigenvalue weighted by Gasteiger charge is -2.30. The van der Waals surface area contributed by atoms with Crippen LogP contribution in [0, 0.1) is 0 Å². The van der Waals surface area contributed by atoms with Gasteiger partial charge in [-0.05, 0) is 74.2 Å². The molecule has 45 heavy (non-hydrogen) atoms. The fourth-order valence-corrected chi connectivity index (χ4v) is 5.65. The van der Waals surface area contributed by atoms with Gasteiger partial charge in [0, 0.05) is 37.3 Å². The topological polar surface area (TPSA) is 46.2 Å². The molecular formula is C40H50O5. The third kappa shape index (κ3) is 8.03. The monoisotopic (exact) mass is 610 g/mol. The molecular weight excluding hydrogens is 560 g/mol. The zero-order valence-electron chi connectivity index (χ0n) is 28.3. The van der Waals surface area contributed by atoms with Crippen molar-refractivity contribution in [3.8, 4) is 11.5 Å². The quantitative estimate of drug-likeness (QED) is 0.118. The van der Waals surface area contributed by atoms with Gasteiger partial charge in [-0.25, -0.2) is 0 Å². The van der Waals surface area contributed by atoms with E-state index in [2.05, 4.69) is 100 Å². The third-order valence-electron chi connectivity index (χ3n) is 8.45. The summed E-state index contributed by atoms with van der Waals surface area (Å²) in [5.41, 5.74) is 5.91. The molecule has 0 aliphatic carbocycles. The summed E-state index contributed by atoms with van der Waals surface area (Å²) in [5.74, 6) is 1.33. The van der Waals surface area contributed by atoms with E-state index >= 15 is 0 Å². The molecule has 0 spiro atoms. The normalized spacial score (nSPS) is 12.2. The summed E-state index contributed by atoms with van der Waals surface area (Å²) in [6.45, 7) is 18.9. The van der Waals surface area contributed by atoms with Gasteiger partial charge in [-0.2, -0.15) is 0 Å². The third-order valence-corrected chi connectivity index (χ3v) is 8.45. The first kappa shape index (κ1) is 34.4. The summed E-state index contributed by atoms with van der Waals surface area (Å²) >= 11 is 0. The zero-order chi connectivity index (χ0) is 32.5. The molecule has 0 bridgehead atoms. The Hall–Kier alpha value is -3.48. The maximum Gasteiger partial charge on any atom is 0.187 e. The molecule has 5 heteroatoms. The minimum atomic E-state index is -0.587. The molecule has 0 atom stereocenters. The highest BCUT2D eigenvalue weighted by molar-refractivity contribution is 5.50. The van der Waals surface area contributed by atoms with Crippen LogP contribution in [0.4, 0.5) is 0 Å². The molecule has 0 aromatic heterocycles. The number of ether oxygens (including phenoxy) is 5. The van der Waals surface area contributed by atoms with Gasteiger partial charge in [0.05, 0.1) is 11.1 Å². The summed E-state index contributed by atoms with van der Waals surface area (Å²) in [6.07, 6.45) is -1.17. The lowest BCUT2D eigenvalue weighted by Crippen LogP contribution is -2.21. The Kier molecular flexibility index (Phi) is 12.0. The summed E-state index contributed by atoms with van der Waals surface area (Å²) in [5, 5.41) is 0. The van der Waals surface area contributed by atoms with Gasteiger partial charge in [0.25, 0.3) is 0 Å². The van der Waals surface area contributed by atoms with E-state index in [4.69, 9.17) is 23.7 Å². The van der Waals surface area contributed by atoms with Gasteiger partial charge in [0.15, 0.2) is 12.6 Å². The van der Waals surface area contributed by atoms with Crippen LogP contribution in [0.1, 0.15) is 101 Å². The lowest BCUT2D eigenvalue weighted by molar-refractivity contribution is -0.142. The largest absolute Gasteiger partial charge is 0.456 e. The minimum absolute atomic E-state index is 0.248. The average molecular weight is 611 g/mol. The van der Waals surface area contributed by atoms with Crippen LogP contribution in [0.15, 0.2) is 97.1 Å². The van der Waals surface area contributed by atoms with E-state index in [-0.39, 0.29) is 10.8 Å². The molecule has 0 amide bonds. The maximum absolute atomic E-state index is 6.81. The molecule has 0 aliphatic heterocycles. The van der Waals surface area contributed by atoms with Crippen LogP contribution in [0.5, 0.6) is 11.5 Å². The molecule has 4 rings (SSSR count). The molecule has 0 radical (unpaired) electrons. The first-order chi connectivity index (χ1) is 21.7. The molecule has 0 saturated heterocycles.